The van der Waals surface area contributed by atoms with Crippen LogP contribution in [-0.2, 0) is 6.54 Å². The van der Waals surface area contributed by atoms with Crippen molar-refractivity contribution in [1.82, 2.24) is 4.98 Å². The van der Waals surface area contributed by atoms with Gasteiger partial charge in [-0.15, -0.1) is 0 Å². The van der Waals surface area contributed by atoms with E-state index < -0.39 is 0 Å². The van der Waals surface area contributed by atoms with Gasteiger partial charge in [-0.25, -0.2) is 4.98 Å². The smallest absolute Gasteiger partial charge is 0.197 e. The number of nitrogens with two attached hydrogens (primary N) is 1. The van der Waals surface area contributed by atoms with Crippen LogP contribution in [0.2, 0.25) is 0 Å². The predicted octanol–water partition coefficient (Wildman–Crippen LogP) is 2.88. The molecule has 15 heavy (non-hydrogen) atoms. The quantitative estimate of drug-likeness (QED) is 0.760. The van der Waals surface area contributed by atoms with Crippen molar-refractivity contribution in [2.75, 3.05) is 0 Å². The average molecular weight is 208 g/mol. The molecule has 1 heterocycles. The minimum absolute atomic E-state index is 0.488. The second-order valence-electron chi connectivity index (χ2n) is 4.45. The van der Waals surface area contributed by atoms with Crippen LogP contribution in [0.5, 0.6) is 0 Å². The van der Waals surface area contributed by atoms with Crippen molar-refractivity contribution < 1.29 is 4.42 Å². The normalized spacial score (nSPS) is 19.1. The summed E-state index contributed by atoms with van der Waals surface area (Å²) in [4.78, 5) is 4.50. The van der Waals surface area contributed by atoms with Gasteiger partial charge in [-0.05, 0) is 19.8 Å². The highest BCUT2D eigenvalue weighted by atomic mass is 16.4. The Morgan fingerprint density at radius 3 is 2.47 bits per heavy atom. The van der Waals surface area contributed by atoms with Crippen molar-refractivity contribution in [2.24, 2.45) is 5.73 Å². The van der Waals surface area contributed by atoms with Crippen molar-refractivity contribution in [1.29, 1.82) is 0 Å². The number of hydrogen-bond donors (Lipinski definition) is 1. The second kappa shape index (κ2) is 4.79. The first kappa shape index (κ1) is 10.7. The van der Waals surface area contributed by atoms with Gasteiger partial charge in [-0.3, -0.25) is 0 Å². The van der Waals surface area contributed by atoms with Crippen LogP contribution in [0.3, 0.4) is 0 Å². The molecule has 1 saturated carbocycles. The third kappa shape index (κ3) is 2.40. The Labute approximate surface area is 91.1 Å². The summed E-state index contributed by atoms with van der Waals surface area (Å²) in [5.74, 6) is 2.36. The maximum Gasteiger partial charge on any atom is 0.197 e. The molecule has 3 nitrogen and oxygen atoms in total. The standard InChI is InChI=1S/C12H20N2O/c1-9-11(8-13)14-12(15-9)10-6-4-2-3-5-7-10/h10H,2-8,13H2,1H3. The van der Waals surface area contributed by atoms with E-state index in [1.165, 1.54) is 38.5 Å². The number of aromatic nitrogens is 1. The summed E-state index contributed by atoms with van der Waals surface area (Å²) < 4.78 is 5.71. The average Bonchev–Trinajstić information content (AvgIpc) is 2.48. The van der Waals surface area contributed by atoms with E-state index in [0.717, 1.165) is 17.3 Å². The fourth-order valence-corrected chi connectivity index (χ4v) is 2.34. The Morgan fingerprint density at radius 2 is 1.93 bits per heavy atom. The zero-order chi connectivity index (χ0) is 10.7. The molecule has 84 valence electrons. The molecule has 0 atom stereocenters. The molecule has 0 amide bonds. The molecule has 0 spiro atoms. The number of aryl methyl sites for hydroxylation is 1. The maximum atomic E-state index is 5.71. The molecular weight excluding hydrogens is 188 g/mol. The third-order valence-electron chi connectivity index (χ3n) is 3.31. The molecule has 1 aliphatic carbocycles. The summed E-state index contributed by atoms with van der Waals surface area (Å²) in [6.07, 6.45) is 7.79. The second-order valence-corrected chi connectivity index (χ2v) is 4.45. The van der Waals surface area contributed by atoms with Gasteiger partial charge >= 0.3 is 0 Å². The minimum Gasteiger partial charge on any atom is -0.445 e. The fraction of sp³-hybridized carbons (Fsp3) is 0.750. The largest absolute Gasteiger partial charge is 0.445 e. The summed E-state index contributed by atoms with van der Waals surface area (Å²) >= 11 is 0. The van der Waals surface area contributed by atoms with Crippen LogP contribution in [0, 0.1) is 6.92 Å². The summed E-state index contributed by atoms with van der Waals surface area (Å²) in [5.41, 5.74) is 6.53. The highest BCUT2D eigenvalue weighted by Crippen LogP contribution is 2.31. The lowest BCUT2D eigenvalue weighted by atomic mass is 10.0. The molecule has 1 fully saturated rings. The van der Waals surface area contributed by atoms with E-state index in [1.54, 1.807) is 0 Å². The van der Waals surface area contributed by atoms with Crippen LogP contribution in [-0.4, -0.2) is 4.98 Å². The molecule has 0 aromatic carbocycles. The molecule has 0 bridgehead atoms. The van der Waals surface area contributed by atoms with E-state index in [9.17, 15) is 0 Å². The van der Waals surface area contributed by atoms with E-state index in [1.807, 2.05) is 6.92 Å². The lowest BCUT2D eigenvalue weighted by molar-refractivity contribution is 0.405. The summed E-state index contributed by atoms with van der Waals surface area (Å²) in [5, 5.41) is 0. The van der Waals surface area contributed by atoms with Crippen molar-refractivity contribution >= 4 is 0 Å². The van der Waals surface area contributed by atoms with Crippen molar-refractivity contribution in [3.8, 4) is 0 Å². The van der Waals surface area contributed by atoms with Crippen LogP contribution in [0.1, 0.15) is 61.8 Å². The topological polar surface area (TPSA) is 52.0 Å². The molecule has 3 heteroatoms. The van der Waals surface area contributed by atoms with E-state index in [2.05, 4.69) is 4.98 Å². The van der Waals surface area contributed by atoms with Gasteiger partial charge in [0.05, 0.1) is 5.69 Å². The molecular formula is C12H20N2O. The maximum absolute atomic E-state index is 5.71. The number of nitrogens with zero attached hydrogens (tertiary/aromatic N) is 1. The summed E-state index contributed by atoms with van der Waals surface area (Å²) in [6.45, 7) is 2.44. The molecule has 1 aromatic heterocycles. The predicted molar refractivity (Wildman–Crippen MR) is 59.6 cm³/mol. The van der Waals surface area contributed by atoms with E-state index >= 15 is 0 Å². The Kier molecular flexibility index (Phi) is 3.41. The Bertz CT molecular complexity index is 311. The lowest BCUT2D eigenvalue weighted by Crippen LogP contribution is -2.01. The first-order chi connectivity index (χ1) is 7.31. The zero-order valence-electron chi connectivity index (χ0n) is 9.46. The third-order valence-corrected chi connectivity index (χ3v) is 3.31. The zero-order valence-corrected chi connectivity index (χ0v) is 9.46. The van der Waals surface area contributed by atoms with Gasteiger partial charge in [-0.2, -0.15) is 0 Å². The molecule has 2 N–H and O–H groups in total. The van der Waals surface area contributed by atoms with E-state index in [0.29, 0.717) is 12.5 Å². The summed E-state index contributed by atoms with van der Waals surface area (Å²) in [6, 6.07) is 0. The Morgan fingerprint density at radius 1 is 1.27 bits per heavy atom. The molecule has 2 rings (SSSR count). The van der Waals surface area contributed by atoms with Gasteiger partial charge in [0.2, 0.25) is 0 Å². The number of rotatable bonds is 2. The fourth-order valence-electron chi connectivity index (χ4n) is 2.34. The van der Waals surface area contributed by atoms with Crippen molar-refractivity contribution in [3.05, 3.63) is 17.3 Å². The van der Waals surface area contributed by atoms with Gasteiger partial charge in [0.25, 0.3) is 0 Å². The van der Waals surface area contributed by atoms with Crippen LogP contribution < -0.4 is 5.73 Å². The lowest BCUT2D eigenvalue weighted by Gasteiger charge is -2.08. The molecule has 0 saturated heterocycles. The monoisotopic (exact) mass is 208 g/mol. The van der Waals surface area contributed by atoms with Gasteiger partial charge in [-0.1, -0.05) is 25.7 Å². The molecule has 0 radical (unpaired) electrons. The van der Waals surface area contributed by atoms with Crippen molar-refractivity contribution in [2.45, 2.75) is 57.9 Å². The minimum atomic E-state index is 0.488. The Hall–Kier alpha value is -0.830. The van der Waals surface area contributed by atoms with Crippen LogP contribution in [0.4, 0.5) is 0 Å². The van der Waals surface area contributed by atoms with Gasteiger partial charge in [0.1, 0.15) is 5.76 Å². The first-order valence-corrected chi connectivity index (χ1v) is 5.97. The highest BCUT2D eigenvalue weighted by Gasteiger charge is 2.20. The van der Waals surface area contributed by atoms with Crippen molar-refractivity contribution in [3.63, 3.8) is 0 Å². The van der Waals surface area contributed by atoms with Gasteiger partial charge in [0, 0.05) is 12.5 Å². The first-order valence-electron chi connectivity index (χ1n) is 5.97. The highest BCUT2D eigenvalue weighted by molar-refractivity contribution is 5.10. The number of hydrogen-bond acceptors (Lipinski definition) is 3. The van der Waals surface area contributed by atoms with Crippen LogP contribution >= 0.6 is 0 Å². The molecule has 1 aliphatic rings. The summed E-state index contributed by atoms with van der Waals surface area (Å²) in [7, 11) is 0. The molecule has 0 unspecified atom stereocenters. The van der Waals surface area contributed by atoms with E-state index in [-0.39, 0.29) is 0 Å². The molecule has 0 aliphatic heterocycles. The number of oxazole rings is 1. The van der Waals surface area contributed by atoms with Gasteiger partial charge in [0.15, 0.2) is 5.89 Å². The Balaban J connectivity index is 2.12. The van der Waals surface area contributed by atoms with Crippen LogP contribution in [0.25, 0.3) is 0 Å². The van der Waals surface area contributed by atoms with Crippen LogP contribution in [0.15, 0.2) is 4.42 Å². The SMILES string of the molecule is Cc1oc(C2CCCCCC2)nc1CN. The molecule has 1 aromatic rings. The van der Waals surface area contributed by atoms with E-state index in [4.69, 9.17) is 10.2 Å². The van der Waals surface area contributed by atoms with Gasteiger partial charge < -0.3 is 10.2 Å².